The number of hydrogen-bond acceptors (Lipinski definition) is 3. The van der Waals surface area contributed by atoms with Crippen molar-refractivity contribution in [3.05, 3.63) is 21.9 Å². The number of hydrogen-bond donors (Lipinski definition) is 1. The molecule has 0 aliphatic carbocycles. The van der Waals surface area contributed by atoms with Crippen molar-refractivity contribution in [3.8, 4) is 0 Å². The van der Waals surface area contributed by atoms with Gasteiger partial charge >= 0.3 is 0 Å². The van der Waals surface area contributed by atoms with Gasteiger partial charge in [-0.3, -0.25) is 9.59 Å². The maximum atomic E-state index is 12.8. The molecule has 2 amide bonds. The molecule has 0 bridgehead atoms. The number of rotatable bonds is 4. The fourth-order valence-electron chi connectivity index (χ4n) is 2.66. The minimum absolute atomic E-state index is 0.0423. The Morgan fingerprint density at radius 3 is 2.45 bits per heavy atom. The van der Waals surface area contributed by atoms with Gasteiger partial charge in [0, 0.05) is 9.75 Å². The van der Waals surface area contributed by atoms with E-state index in [0.717, 1.165) is 4.88 Å². The number of piperazine rings is 1. The van der Waals surface area contributed by atoms with Gasteiger partial charge in [-0.15, -0.1) is 11.3 Å². The first-order chi connectivity index (χ1) is 9.43. The standard InChI is InChI=1S/C15H22N2O2S/c1-5-15(6-2)14(19)17(11(4)13(18)16-15)9-12-8-7-10(3)20-12/h7-8,11H,5-6,9H2,1-4H3,(H,16,18). The first kappa shape index (κ1) is 15.0. The lowest BCUT2D eigenvalue weighted by atomic mass is 9.87. The summed E-state index contributed by atoms with van der Waals surface area (Å²) < 4.78 is 0. The highest BCUT2D eigenvalue weighted by molar-refractivity contribution is 7.11. The van der Waals surface area contributed by atoms with Gasteiger partial charge in [0.05, 0.1) is 6.54 Å². The second-order valence-corrected chi connectivity index (χ2v) is 6.77. The van der Waals surface area contributed by atoms with Gasteiger partial charge in [0.25, 0.3) is 0 Å². The number of nitrogens with one attached hydrogen (secondary N) is 1. The van der Waals surface area contributed by atoms with E-state index in [2.05, 4.69) is 5.32 Å². The number of aryl methyl sites for hydroxylation is 1. The molecule has 110 valence electrons. The lowest BCUT2D eigenvalue weighted by Crippen LogP contribution is -2.69. The minimum Gasteiger partial charge on any atom is -0.340 e. The number of carbonyl (C=O) groups excluding carboxylic acids is 2. The lowest BCUT2D eigenvalue weighted by Gasteiger charge is -2.44. The molecule has 5 heteroatoms. The Balaban J connectivity index is 2.28. The van der Waals surface area contributed by atoms with Crippen molar-refractivity contribution in [1.29, 1.82) is 0 Å². The number of amides is 2. The largest absolute Gasteiger partial charge is 0.340 e. The van der Waals surface area contributed by atoms with E-state index in [1.165, 1.54) is 4.88 Å². The Labute approximate surface area is 124 Å². The van der Waals surface area contributed by atoms with Crippen molar-refractivity contribution in [2.45, 2.75) is 58.7 Å². The molecule has 1 aromatic rings. The maximum absolute atomic E-state index is 12.8. The Morgan fingerprint density at radius 2 is 1.95 bits per heavy atom. The molecular weight excluding hydrogens is 272 g/mol. The molecule has 0 aromatic carbocycles. The van der Waals surface area contributed by atoms with Crippen molar-refractivity contribution >= 4 is 23.2 Å². The monoisotopic (exact) mass is 294 g/mol. The smallest absolute Gasteiger partial charge is 0.249 e. The minimum atomic E-state index is -0.726. The first-order valence-electron chi connectivity index (χ1n) is 7.12. The van der Waals surface area contributed by atoms with Crippen molar-refractivity contribution in [3.63, 3.8) is 0 Å². The van der Waals surface area contributed by atoms with Gasteiger partial charge in [-0.2, -0.15) is 0 Å². The lowest BCUT2D eigenvalue weighted by molar-refractivity contribution is -0.155. The van der Waals surface area contributed by atoms with E-state index in [0.29, 0.717) is 19.4 Å². The molecule has 1 N–H and O–H groups in total. The van der Waals surface area contributed by atoms with Crippen LogP contribution in [0.1, 0.15) is 43.4 Å². The molecule has 1 fully saturated rings. The van der Waals surface area contributed by atoms with Crippen molar-refractivity contribution < 1.29 is 9.59 Å². The number of thiophene rings is 1. The van der Waals surface area contributed by atoms with E-state index in [-0.39, 0.29) is 11.8 Å². The molecule has 0 spiro atoms. The van der Waals surface area contributed by atoms with Crippen LogP contribution in [-0.4, -0.2) is 28.3 Å². The fraction of sp³-hybridized carbons (Fsp3) is 0.600. The first-order valence-corrected chi connectivity index (χ1v) is 7.93. The van der Waals surface area contributed by atoms with Crippen LogP contribution in [0.5, 0.6) is 0 Å². The van der Waals surface area contributed by atoms with Gasteiger partial charge in [-0.1, -0.05) is 13.8 Å². The molecule has 1 unspecified atom stereocenters. The molecule has 0 radical (unpaired) electrons. The summed E-state index contributed by atoms with van der Waals surface area (Å²) in [5.41, 5.74) is -0.726. The van der Waals surface area contributed by atoms with Gasteiger partial charge < -0.3 is 10.2 Å². The zero-order valence-electron chi connectivity index (χ0n) is 12.5. The van der Waals surface area contributed by atoms with Crippen molar-refractivity contribution in [2.75, 3.05) is 0 Å². The zero-order chi connectivity index (χ0) is 14.9. The molecule has 0 saturated carbocycles. The summed E-state index contributed by atoms with van der Waals surface area (Å²) >= 11 is 1.68. The Kier molecular flexibility index (Phi) is 4.18. The van der Waals surface area contributed by atoms with Gasteiger partial charge in [0.1, 0.15) is 11.6 Å². The molecule has 20 heavy (non-hydrogen) atoms. The third kappa shape index (κ3) is 2.46. The predicted octanol–water partition coefficient (Wildman–Crippen LogP) is 2.46. The van der Waals surface area contributed by atoms with E-state index in [9.17, 15) is 9.59 Å². The second kappa shape index (κ2) is 5.56. The topological polar surface area (TPSA) is 49.4 Å². The van der Waals surface area contributed by atoms with Crippen LogP contribution in [0.25, 0.3) is 0 Å². The predicted molar refractivity (Wildman–Crippen MR) is 80.5 cm³/mol. The molecule has 1 aromatic heterocycles. The molecule has 1 aliphatic heterocycles. The van der Waals surface area contributed by atoms with Crippen LogP contribution in [0, 0.1) is 6.92 Å². The highest BCUT2D eigenvalue weighted by Crippen LogP contribution is 2.27. The Hall–Kier alpha value is -1.36. The summed E-state index contributed by atoms with van der Waals surface area (Å²) in [6.45, 7) is 8.26. The van der Waals surface area contributed by atoms with Crippen molar-refractivity contribution in [1.82, 2.24) is 10.2 Å². The van der Waals surface area contributed by atoms with E-state index < -0.39 is 11.6 Å². The van der Waals surface area contributed by atoms with E-state index >= 15 is 0 Å². The number of nitrogens with zero attached hydrogens (tertiary/aromatic N) is 1. The van der Waals surface area contributed by atoms with Crippen LogP contribution >= 0.6 is 11.3 Å². The molecule has 1 saturated heterocycles. The summed E-state index contributed by atoms with van der Waals surface area (Å²) in [5, 5.41) is 2.92. The van der Waals surface area contributed by atoms with Crippen LogP contribution in [0.15, 0.2) is 12.1 Å². The van der Waals surface area contributed by atoms with Crippen LogP contribution in [0.3, 0.4) is 0 Å². The normalized spacial score (nSPS) is 22.0. The summed E-state index contributed by atoms with van der Waals surface area (Å²) in [7, 11) is 0. The van der Waals surface area contributed by atoms with E-state index in [1.54, 1.807) is 23.2 Å². The third-order valence-electron chi connectivity index (χ3n) is 4.21. The molecule has 2 rings (SSSR count). The van der Waals surface area contributed by atoms with Crippen LogP contribution in [0.4, 0.5) is 0 Å². The van der Waals surface area contributed by atoms with Crippen molar-refractivity contribution in [2.24, 2.45) is 0 Å². The zero-order valence-corrected chi connectivity index (χ0v) is 13.3. The number of carbonyl (C=O) groups is 2. The maximum Gasteiger partial charge on any atom is 0.249 e. The van der Waals surface area contributed by atoms with Gasteiger partial charge in [-0.05, 0) is 38.8 Å². The van der Waals surface area contributed by atoms with E-state index in [4.69, 9.17) is 0 Å². The summed E-state index contributed by atoms with van der Waals surface area (Å²) in [5.74, 6) is -0.0118. The summed E-state index contributed by atoms with van der Waals surface area (Å²) in [6, 6.07) is 3.68. The summed E-state index contributed by atoms with van der Waals surface area (Å²) in [6.07, 6.45) is 1.25. The average molecular weight is 294 g/mol. The van der Waals surface area contributed by atoms with Gasteiger partial charge in [-0.25, -0.2) is 0 Å². The third-order valence-corrected chi connectivity index (χ3v) is 5.19. The molecule has 1 aliphatic rings. The van der Waals surface area contributed by atoms with Crippen LogP contribution < -0.4 is 5.32 Å². The van der Waals surface area contributed by atoms with Gasteiger partial charge in [0.15, 0.2) is 0 Å². The fourth-order valence-corrected chi connectivity index (χ4v) is 3.55. The van der Waals surface area contributed by atoms with Gasteiger partial charge in [0.2, 0.25) is 11.8 Å². The molecule has 2 heterocycles. The summed E-state index contributed by atoms with van der Waals surface area (Å²) in [4.78, 5) is 29.0. The Bertz CT molecular complexity index is 520. The Morgan fingerprint density at radius 1 is 1.30 bits per heavy atom. The highest BCUT2D eigenvalue weighted by Gasteiger charge is 2.47. The molecule has 4 nitrogen and oxygen atoms in total. The van der Waals surface area contributed by atoms with Crippen LogP contribution in [-0.2, 0) is 16.1 Å². The average Bonchev–Trinajstić information content (AvgIpc) is 2.84. The highest BCUT2D eigenvalue weighted by atomic mass is 32.1. The quantitative estimate of drug-likeness (QED) is 0.927. The van der Waals surface area contributed by atoms with Crippen LogP contribution in [0.2, 0.25) is 0 Å². The second-order valence-electron chi connectivity index (χ2n) is 5.40. The molecular formula is C15H22N2O2S. The SMILES string of the molecule is CCC1(CC)NC(=O)C(C)N(Cc2ccc(C)s2)C1=O. The molecule has 1 atom stereocenters. The van der Waals surface area contributed by atoms with E-state index in [1.807, 2.05) is 32.9 Å².